The van der Waals surface area contributed by atoms with Gasteiger partial charge in [0.2, 0.25) is 0 Å². The number of allylic oxidation sites excluding steroid dienone is 1. The maximum absolute atomic E-state index is 2.51. The number of rotatable bonds is 1. The van der Waals surface area contributed by atoms with Gasteiger partial charge in [0.25, 0.3) is 0 Å². The minimum absolute atomic E-state index is 1.28. The third-order valence-electron chi connectivity index (χ3n) is 1.93. The Morgan fingerprint density at radius 1 is 1.40 bits per heavy atom. The van der Waals surface area contributed by atoms with Gasteiger partial charge in [-0.25, -0.2) is 0 Å². The summed E-state index contributed by atoms with van der Waals surface area (Å²) in [5.41, 5.74) is 0. The molecule has 0 aromatic carbocycles. The molecule has 0 atom stereocenters. The first-order valence-corrected chi connectivity index (χ1v) is 15.0. The van der Waals surface area contributed by atoms with Crippen LogP contribution in [-0.2, 0) is 0 Å². The molecule has 0 N–H and O–H groups in total. The third-order valence-corrected chi connectivity index (χ3v) is 9.62. The molecule has 0 aliphatic carbocycles. The summed E-state index contributed by atoms with van der Waals surface area (Å²) < 4.78 is 1.85. The van der Waals surface area contributed by atoms with Crippen molar-refractivity contribution >= 4 is 30.1 Å². The fourth-order valence-corrected chi connectivity index (χ4v) is 7.53. The minimum atomic E-state index is -1.59. The topological polar surface area (TPSA) is 0 Å². The van der Waals surface area contributed by atoms with E-state index in [4.69, 9.17) is 0 Å². The van der Waals surface area contributed by atoms with Gasteiger partial charge in [0, 0.05) is 0 Å². The number of hydrogen-bond acceptors (Lipinski definition) is 1. The quantitative estimate of drug-likeness (QED) is 0.655. The summed E-state index contributed by atoms with van der Waals surface area (Å²) in [5, 5.41) is 0. The SMILES string of the molecule is [CH3][Sn]([CH3])([CH3])[C]1=CCSCC1. The van der Waals surface area contributed by atoms with Gasteiger partial charge in [-0.2, -0.15) is 0 Å². The van der Waals surface area contributed by atoms with E-state index in [1.807, 2.05) is 3.59 Å². The molecule has 58 valence electrons. The first-order valence-electron chi connectivity index (χ1n) is 3.88. The van der Waals surface area contributed by atoms with Gasteiger partial charge in [0.15, 0.2) is 0 Å². The van der Waals surface area contributed by atoms with Gasteiger partial charge >= 0.3 is 72.5 Å². The molecule has 0 spiro atoms. The zero-order chi connectivity index (χ0) is 7.61. The average molecular weight is 263 g/mol. The standard InChI is InChI=1S/C5H7S.3CH3.Sn/c1-2-4-6-5-3-1;;;;/h2H,3-5H2;3*1H3;. The second-order valence-corrected chi connectivity index (χ2v) is 19.6. The normalized spacial score (nSPS) is 20.5. The predicted octanol–water partition coefficient (Wildman–Crippen LogP) is 2.93. The van der Waals surface area contributed by atoms with Crippen LogP contribution >= 0.6 is 11.8 Å². The van der Waals surface area contributed by atoms with Gasteiger partial charge in [-0.1, -0.05) is 0 Å². The van der Waals surface area contributed by atoms with E-state index in [0.717, 1.165) is 0 Å². The summed E-state index contributed by atoms with van der Waals surface area (Å²) in [6, 6.07) is 0. The molecule has 0 amide bonds. The maximum atomic E-state index is 2.51. The zero-order valence-electron chi connectivity index (χ0n) is 7.11. The Morgan fingerprint density at radius 2 is 2.10 bits per heavy atom. The van der Waals surface area contributed by atoms with Gasteiger partial charge in [0.05, 0.1) is 0 Å². The Kier molecular flexibility index (Phi) is 3.17. The van der Waals surface area contributed by atoms with Crippen molar-refractivity contribution in [2.24, 2.45) is 0 Å². The number of hydrogen-bond donors (Lipinski definition) is 0. The monoisotopic (exact) mass is 264 g/mol. The fraction of sp³-hybridized carbons (Fsp3) is 0.750. The van der Waals surface area contributed by atoms with Gasteiger partial charge in [-0.05, 0) is 0 Å². The van der Waals surface area contributed by atoms with Crippen LogP contribution in [0.1, 0.15) is 6.42 Å². The van der Waals surface area contributed by atoms with E-state index in [1.165, 1.54) is 17.9 Å². The predicted molar refractivity (Wildman–Crippen MR) is 53.4 cm³/mol. The average Bonchev–Trinajstić information content (AvgIpc) is 1.88. The van der Waals surface area contributed by atoms with Crippen molar-refractivity contribution in [1.29, 1.82) is 0 Å². The Labute approximate surface area is 72.3 Å². The molecule has 1 aliphatic rings. The molecule has 1 aliphatic heterocycles. The summed E-state index contributed by atoms with van der Waals surface area (Å²) >= 11 is 0.484. The summed E-state index contributed by atoms with van der Waals surface area (Å²) in [6.45, 7) is 0. The van der Waals surface area contributed by atoms with Crippen molar-refractivity contribution in [3.05, 3.63) is 9.67 Å². The Hall–Kier alpha value is 0.889. The molecule has 0 fully saturated rings. The van der Waals surface area contributed by atoms with Crippen LogP contribution in [0.4, 0.5) is 0 Å². The first-order chi connectivity index (χ1) is 4.61. The summed E-state index contributed by atoms with van der Waals surface area (Å²) in [7, 11) is 0. The van der Waals surface area contributed by atoms with Crippen molar-refractivity contribution in [3.63, 3.8) is 0 Å². The molecule has 0 saturated heterocycles. The molecule has 0 aromatic heterocycles. The van der Waals surface area contributed by atoms with Crippen LogP contribution < -0.4 is 0 Å². The van der Waals surface area contributed by atoms with Crippen molar-refractivity contribution in [3.8, 4) is 0 Å². The summed E-state index contributed by atoms with van der Waals surface area (Å²) in [5.74, 6) is 2.66. The molecule has 1 rings (SSSR count). The van der Waals surface area contributed by atoms with Crippen molar-refractivity contribution in [1.82, 2.24) is 0 Å². The van der Waals surface area contributed by atoms with Gasteiger partial charge in [-0.3, -0.25) is 0 Å². The zero-order valence-corrected chi connectivity index (χ0v) is 10.8. The molecule has 0 saturated carbocycles. The molecule has 2 heteroatoms. The number of thioether (sulfide) groups is 1. The Balaban J connectivity index is 2.62. The molecule has 0 unspecified atom stereocenters. The summed E-state index contributed by atoms with van der Waals surface area (Å²) in [4.78, 5) is 7.53. The molecular formula is C8H16SSn. The van der Waals surface area contributed by atoms with Crippen LogP contribution in [0, 0.1) is 0 Å². The molecule has 0 nitrogen and oxygen atoms in total. The van der Waals surface area contributed by atoms with Crippen LogP contribution in [0.2, 0.25) is 14.8 Å². The molecule has 1 heterocycles. The molecule has 0 radical (unpaired) electrons. The van der Waals surface area contributed by atoms with Gasteiger partial charge in [-0.15, -0.1) is 0 Å². The van der Waals surface area contributed by atoms with Crippen molar-refractivity contribution < 1.29 is 0 Å². The van der Waals surface area contributed by atoms with Crippen LogP contribution in [0.15, 0.2) is 9.67 Å². The molecule has 0 aromatic rings. The van der Waals surface area contributed by atoms with Crippen LogP contribution in [0.25, 0.3) is 0 Å². The van der Waals surface area contributed by atoms with E-state index in [1.54, 1.807) is 0 Å². The van der Waals surface area contributed by atoms with Gasteiger partial charge in [0.1, 0.15) is 0 Å². The third kappa shape index (κ3) is 2.50. The van der Waals surface area contributed by atoms with E-state index >= 15 is 0 Å². The Morgan fingerprint density at radius 3 is 2.40 bits per heavy atom. The first kappa shape index (κ1) is 8.98. The molecule has 10 heavy (non-hydrogen) atoms. The Bertz CT molecular complexity index is 144. The van der Waals surface area contributed by atoms with Crippen LogP contribution in [0.5, 0.6) is 0 Å². The van der Waals surface area contributed by atoms with E-state index in [9.17, 15) is 0 Å². The van der Waals surface area contributed by atoms with E-state index < -0.39 is 18.4 Å². The van der Waals surface area contributed by atoms with E-state index in [-0.39, 0.29) is 0 Å². The van der Waals surface area contributed by atoms with Gasteiger partial charge < -0.3 is 0 Å². The second kappa shape index (κ2) is 3.52. The van der Waals surface area contributed by atoms with Crippen LogP contribution in [0.3, 0.4) is 0 Å². The van der Waals surface area contributed by atoms with Crippen molar-refractivity contribution in [2.75, 3.05) is 11.5 Å². The molecule has 0 bridgehead atoms. The van der Waals surface area contributed by atoms with E-state index in [2.05, 4.69) is 32.7 Å². The second-order valence-electron chi connectivity index (χ2n) is 3.80. The molecular weight excluding hydrogens is 247 g/mol. The van der Waals surface area contributed by atoms with Crippen molar-refractivity contribution in [2.45, 2.75) is 21.2 Å². The fourth-order valence-electron chi connectivity index (χ4n) is 1.21. The van der Waals surface area contributed by atoms with E-state index in [0.29, 0.717) is 0 Å². The van der Waals surface area contributed by atoms with Crippen LogP contribution in [-0.4, -0.2) is 29.9 Å². The summed E-state index contributed by atoms with van der Waals surface area (Å²) in [6.07, 6.45) is 3.88.